The summed E-state index contributed by atoms with van der Waals surface area (Å²) in [6.45, 7) is 3.17. The number of amides is 1. The molecule has 1 aromatic carbocycles. The second kappa shape index (κ2) is 7.22. The number of halogens is 1. The Morgan fingerprint density at radius 1 is 1.24 bits per heavy atom. The lowest BCUT2D eigenvalue weighted by Crippen LogP contribution is -2.30. The van der Waals surface area contributed by atoms with Crippen LogP contribution in [0.4, 0.5) is 0 Å². The maximum Gasteiger partial charge on any atom is 0.255 e. The highest BCUT2D eigenvalue weighted by molar-refractivity contribution is 9.10. The van der Waals surface area contributed by atoms with Crippen molar-refractivity contribution in [2.75, 3.05) is 13.7 Å². The molecule has 0 radical (unpaired) electrons. The fourth-order valence-electron chi connectivity index (χ4n) is 1.96. The van der Waals surface area contributed by atoms with Crippen LogP contribution in [0.5, 0.6) is 5.75 Å². The van der Waals surface area contributed by atoms with Crippen LogP contribution in [0.2, 0.25) is 0 Å². The molecule has 1 aromatic heterocycles. The number of nitrogens with zero attached hydrogens (tertiary/aromatic N) is 2. The molecule has 0 aliphatic carbocycles. The van der Waals surface area contributed by atoms with Gasteiger partial charge in [-0.05, 0) is 52.7 Å². The molecule has 0 atom stereocenters. The smallest absolute Gasteiger partial charge is 0.255 e. The van der Waals surface area contributed by atoms with Crippen LogP contribution >= 0.6 is 15.9 Å². The third kappa shape index (κ3) is 4.04. The van der Waals surface area contributed by atoms with Crippen LogP contribution in [-0.4, -0.2) is 29.4 Å². The summed E-state index contributed by atoms with van der Waals surface area (Å²) in [6.07, 6.45) is 1.59. The van der Waals surface area contributed by atoms with Gasteiger partial charge in [0.05, 0.1) is 12.7 Å². The number of aromatic nitrogens is 1. The Bertz CT molecular complexity index is 597. The Labute approximate surface area is 132 Å². The van der Waals surface area contributed by atoms with Crippen LogP contribution in [0, 0.1) is 0 Å². The third-order valence-corrected chi connectivity index (χ3v) is 3.64. The van der Waals surface area contributed by atoms with E-state index in [1.807, 2.05) is 31.2 Å². The molecule has 2 rings (SSSR count). The van der Waals surface area contributed by atoms with Crippen LogP contribution < -0.4 is 4.74 Å². The molecule has 0 spiro atoms. The lowest BCUT2D eigenvalue weighted by atomic mass is 10.2. The Kier molecular flexibility index (Phi) is 5.33. The van der Waals surface area contributed by atoms with E-state index in [4.69, 9.17) is 4.74 Å². The minimum atomic E-state index is -0.0201. The fraction of sp³-hybridized carbons (Fsp3) is 0.250. The Morgan fingerprint density at radius 2 is 1.95 bits per heavy atom. The van der Waals surface area contributed by atoms with Crippen LogP contribution in [0.25, 0.3) is 0 Å². The van der Waals surface area contributed by atoms with E-state index in [9.17, 15) is 4.79 Å². The van der Waals surface area contributed by atoms with Crippen molar-refractivity contribution in [2.24, 2.45) is 0 Å². The maximum absolute atomic E-state index is 12.5. The molecule has 0 saturated carbocycles. The van der Waals surface area contributed by atoms with Gasteiger partial charge >= 0.3 is 0 Å². The minimum Gasteiger partial charge on any atom is -0.497 e. The van der Waals surface area contributed by atoms with Gasteiger partial charge in [-0.1, -0.05) is 12.1 Å². The number of pyridine rings is 1. The molecule has 0 bridgehead atoms. The lowest BCUT2D eigenvalue weighted by molar-refractivity contribution is 0.0752. The van der Waals surface area contributed by atoms with Gasteiger partial charge in [-0.15, -0.1) is 0 Å². The summed E-state index contributed by atoms with van der Waals surface area (Å²) in [6, 6.07) is 11.3. The summed E-state index contributed by atoms with van der Waals surface area (Å²) in [4.78, 5) is 18.3. The predicted octanol–water partition coefficient (Wildman–Crippen LogP) is 3.52. The zero-order valence-corrected chi connectivity index (χ0v) is 13.6. The Morgan fingerprint density at radius 3 is 2.48 bits per heavy atom. The first-order chi connectivity index (χ1) is 10.1. The quantitative estimate of drug-likeness (QED) is 0.776. The highest BCUT2D eigenvalue weighted by Crippen LogP contribution is 2.15. The van der Waals surface area contributed by atoms with Crippen molar-refractivity contribution in [1.82, 2.24) is 9.88 Å². The standard InChI is InChI=1S/C16H17BrN2O2/c1-3-19(11-12-4-7-14(21-2)8-5-12)16(20)13-6-9-15(17)18-10-13/h4-10H,3,11H2,1-2H3. The first kappa shape index (κ1) is 15.5. The number of benzene rings is 1. The van der Waals surface area contributed by atoms with Crippen molar-refractivity contribution in [3.05, 3.63) is 58.3 Å². The van der Waals surface area contributed by atoms with Crippen molar-refractivity contribution >= 4 is 21.8 Å². The summed E-state index contributed by atoms with van der Waals surface area (Å²) in [7, 11) is 1.64. The van der Waals surface area contributed by atoms with Gasteiger partial charge in [-0.3, -0.25) is 4.79 Å². The Balaban J connectivity index is 2.11. The van der Waals surface area contributed by atoms with E-state index in [0.29, 0.717) is 18.7 Å². The van der Waals surface area contributed by atoms with Gasteiger partial charge in [-0.25, -0.2) is 4.98 Å². The van der Waals surface area contributed by atoms with Gasteiger partial charge in [-0.2, -0.15) is 0 Å². The average molecular weight is 349 g/mol. The third-order valence-electron chi connectivity index (χ3n) is 3.18. The molecule has 5 heteroatoms. The number of methoxy groups -OCH3 is 1. The predicted molar refractivity (Wildman–Crippen MR) is 85.3 cm³/mol. The van der Waals surface area contributed by atoms with E-state index in [1.54, 1.807) is 30.3 Å². The van der Waals surface area contributed by atoms with E-state index >= 15 is 0 Å². The molecule has 0 unspecified atom stereocenters. The topological polar surface area (TPSA) is 42.4 Å². The van der Waals surface area contributed by atoms with Gasteiger partial charge in [0, 0.05) is 19.3 Å². The maximum atomic E-state index is 12.5. The Hall–Kier alpha value is -1.88. The number of hydrogen-bond acceptors (Lipinski definition) is 3. The second-order valence-electron chi connectivity index (χ2n) is 4.54. The number of ether oxygens (including phenoxy) is 1. The van der Waals surface area contributed by atoms with E-state index < -0.39 is 0 Å². The molecule has 2 aromatic rings. The first-order valence-electron chi connectivity index (χ1n) is 6.67. The summed E-state index contributed by atoms with van der Waals surface area (Å²) < 4.78 is 5.85. The highest BCUT2D eigenvalue weighted by Gasteiger charge is 2.14. The van der Waals surface area contributed by atoms with Gasteiger partial charge in [0.15, 0.2) is 0 Å². The second-order valence-corrected chi connectivity index (χ2v) is 5.35. The number of carbonyl (C=O) groups is 1. The van der Waals surface area contributed by atoms with Gasteiger partial charge in [0.25, 0.3) is 5.91 Å². The molecule has 1 amide bonds. The largest absolute Gasteiger partial charge is 0.497 e. The SMILES string of the molecule is CCN(Cc1ccc(OC)cc1)C(=O)c1ccc(Br)nc1. The molecule has 0 saturated heterocycles. The van der Waals surface area contributed by atoms with Crippen molar-refractivity contribution in [3.63, 3.8) is 0 Å². The zero-order chi connectivity index (χ0) is 15.2. The van der Waals surface area contributed by atoms with Crippen LogP contribution in [0.3, 0.4) is 0 Å². The number of carbonyl (C=O) groups excluding carboxylic acids is 1. The van der Waals surface area contributed by atoms with E-state index in [2.05, 4.69) is 20.9 Å². The lowest BCUT2D eigenvalue weighted by Gasteiger charge is -2.21. The van der Waals surface area contributed by atoms with Crippen molar-refractivity contribution in [3.8, 4) is 5.75 Å². The van der Waals surface area contributed by atoms with Crippen molar-refractivity contribution < 1.29 is 9.53 Å². The molecule has 4 nitrogen and oxygen atoms in total. The first-order valence-corrected chi connectivity index (χ1v) is 7.47. The fourth-order valence-corrected chi connectivity index (χ4v) is 2.20. The van der Waals surface area contributed by atoms with E-state index in [1.165, 1.54) is 0 Å². The monoisotopic (exact) mass is 348 g/mol. The summed E-state index contributed by atoms with van der Waals surface area (Å²) in [5.41, 5.74) is 1.66. The van der Waals surface area contributed by atoms with Crippen LogP contribution in [0.15, 0.2) is 47.2 Å². The molecule has 0 aliphatic rings. The number of hydrogen-bond donors (Lipinski definition) is 0. The van der Waals surface area contributed by atoms with Gasteiger partial charge in [0.2, 0.25) is 0 Å². The highest BCUT2D eigenvalue weighted by atomic mass is 79.9. The molecule has 0 N–H and O–H groups in total. The van der Waals surface area contributed by atoms with Crippen LogP contribution in [-0.2, 0) is 6.54 Å². The summed E-state index contributed by atoms with van der Waals surface area (Å²) >= 11 is 3.27. The molecular weight excluding hydrogens is 332 g/mol. The van der Waals surface area contributed by atoms with Crippen LogP contribution in [0.1, 0.15) is 22.8 Å². The van der Waals surface area contributed by atoms with E-state index in [0.717, 1.165) is 15.9 Å². The number of rotatable bonds is 5. The normalized spacial score (nSPS) is 10.2. The average Bonchev–Trinajstić information content (AvgIpc) is 2.53. The molecule has 0 fully saturated rings. The minimum absolute atomic E-state index is 0.0201. The zero-order valence-electron chi connectivity index (χ0n) is 12.0. The van der Waals surface area contributed by atoms with Crippen molar-refractivity contribution in [2.45, 2.75) is 13.5 Å². The molecule has 21 heavy (non-hydrogen) atoms. The molecule has 1 heterocycles. The van der Waals surface area contributed by atoms with Crippen molar-refractivity contribution in [1.29, 1.82) is 0 Å². The summed E-state index contributed by atoms with van der Waals surface area (Å²) in [5.74, 6) is 0.790. The van der Waals surface area contributed by atoms with Gasteiger partial charge in [0.1, 0.15) is 10.4 Å². The van der Waals surface area contributed by atoms with E-state index in [-0.39, 0.29) is 5.91 Å². The summed E-state index contributed by atoms with van der Waals surface area (Å²) in [5, 5.41) is 0. The molecule has 0 aliphatic heterocycles. The molecular formula is C16H17BrN2O2. The van der Waals surface area contributed by atoms with Gasteiger partial charge < -0.3 is 9.64 Å². The molecule has 110 valence electrons.